The van der Waals surface area contributed by atoms with Gasteiger partial charge in [-0.2, -0.15) is 9.40 Å². The molecule has 0 fully saturated rings. The lowest BCUT2D eigenvalue weighted by Gasteiger charge is -2.21. The Labute approximate surface area is 139 Å². The van der Waals surface area contributed by atoms with Crippen LogP contribution in [0.1, 0.15) is 11.8 Å². The Balaban J connectivity index is 2.68. The van der Waals surface area contributed by atoms with E-state index in [4.69, 9.17) is 11.6 Å². The van der Waals surface area contributed by atoms with Crippen molar-refractivity contribution in [3.8, 4) is 0 Å². The zero-order chi connectivity index (χ0) is 17.4. The van der Waals surface area contributed by atoms with Gasteiger partial charge in [-0.1, -0.05) is 0 Å². The van der Waals surface area contributed by atoms with Crippen LogP contribution in [0.2, 0.25) is 0 Å². The Kier molecular flexibility index (Phi) is 8.09. The fourth-order valence-electron chi connectivity index (χ4n) is 1.74. The van der Waals surface area contributed by atoms with Crippen LogP contribution in [0, 0.1) is 11.0 Å². The van der Waals surface area contributed by atoms with E-state index < -0.39 is 28.5 Å². The van der Waals surface area contributed by atoms with Gasteiger partial charge < -0.3 is 10.5 Å². The SMILES string of the molecule is CSC(CCNC(=O)N(CCCl)[NH2+][O-])n1cc(F)c(=O)[nH]c1=O. The number of hydrogen-bond acceptors (Lipinski definition) is 5. The molecule has 0 saturated carbocycles. The first-order valence-electron chi connectivity index (χ1n) is 6.54. The number of thioether (sulfide) groups is 1. The third-order valence-corrected chi connectivity index (χ3v) is 4.06. The van der Waals surface area contributed by atoms with Gasteiger partial charge in [-0.05, 0) is 12.7 Å². The van der Waals surface area contributed by atoms with Crippen LogP contribution in [-0.2, 0) is 0 Å². The molecule has 0 aromatic carbocycles. The number of alkyl halides is 1. The summed E-state index contributed by atoms with van der Waals surface area (Å²) in [5, 5.41) is 13.6. The van der Waals surface area contributed by atoms with Crippen molar-refractivity contribution in [1.29, 1.82) is 0 Å². The molecule has 1 heterocycles. The molecule has 12 heteroatoms. The summed E-state index contributed by atoms with van der Waals surface area (Å²) >= 11 is 6.71. The molecule has 9 nitrogen and oxygen atoms in total. The lowest BCUT2D eigenvalue weighted by atomic mass is 10.4. The largest absolute Gasteiger partial charge is 0.609 e. The van der Waals surface area contributed by atoms with Crippen molar-refractivity contribution in [2.75, 3.05) is 25.2 Å². The minimum atomic E-state index is -1.08. The lowest BCUT2D eigenvalue weighted by Crippen LogP contribution is -2.90. The van der Waals surface area contributed by atoms with Crippen molar-refractivity contribution >= 4 is 29.4 Å². The van der Waals surface area contributed by atoms with Crippen molar-refractivity contribution < 1.29 is 14.8 Å². The maximum atomic E-state index is 13.3. The van der Waals surface area contributed by atoms with E-state index in [0.29, 0.717) is 5.59 Å². The first-order chi connectivity index (χ1) is 10.9. The maximum Gasteiger partial charge on any atom is 0.361 e. The molecule has 1 aromatic rings. The number of amides is 2. The number of nitrogens with one attached hydrogen (secondary N) is 2. The molecule has 0 radical (unpaired) electrons. The molecule has 2 amide bonds. The van der Waals surface area contributed by atoms with E-state index in [9.17, 15) is 24.0 Å². The number of H-pyrrole nitrogens is 1. The number of hydrogen-bond donors (Lipinski definition) is 3. The van der Waals surface area contributed by atoms with Gasteiger partial charge in [0.1, 0.15) is 0 Å². The molecule has 1 aromatic heterocycles. The van der Waals surface area contributed by atoms with Crippen molar-refractivity contribution in [3.63, 3.8) is 0 Å². The number of nitrogens with zero attached hydrogens (tertiary/aromatic N) is 2. The fraction of sp³-hybridized carbons (Fsp3) is 0.545. The van der Waals surface area contributed by atoms with Crippen molar-refractivity contribution in [1.82, 2.24) is 19.9 Å². The van der Waals surface area contributed by atoms with Gasteiger partial charge in [-0.25, -0.2) is 9.59 Å². The summed E-state index contributed by atoms with van der Waals surface area (Å²) in [7, 11) is 0. The molecule has 0 aliphatic carbocycles. The molecular weight excluding hydrogens is 353 g/mol. The van der Waals surface area contributed by atoms with Crippen LogP contribution in [0.4, 0.5) is 9.18 Å². The molecule has 1 rings (SSSR count). The summed E-state index contributed by atoms with van der Waals surface area (Å²) in [5.41, 5.74) is -1.45. The second-order valence-corrected chi connectivity index (χ2v) is 5.74. The molecule has 0 spiro atoms. The zero-order valence-electron chi connectivity index (χ0n) is 12.3. The predicted octanol–water partition coefficient (Wildman–Crippen LogP) is -0.846. The Morgan fingerprint density at radius 1 is 1.65 bits per heavy atom. The van der Waals surface area contributed by atoms with Gasteiger partial charge in [0.15, 0.2) is 0 Å². The lowest BCUT2D eigenvalue weighted by molar-refractivity contribution is -0.731. The topological polar surface area (TPSA) is 127 Å². The summed E-state index contributed by atoms with van der Waals surface area (Å²) < 4.78 is 14.3. The summed E-state index contributed by atoms with van der Waals surface area (Å²) in [6.07, 6.45) is 2.81. The van der Waals surface area contributed by atoms with Crippen LogP contribution in [0.5, 0.6) is 0 Å². The number of quaternary nitrogens is 1. The Morgan fingerprint density at radius 3 is 2.91 bits per heavy atom. The molecule has 0 saturated heterocycles. The quantitative estimate of drug-likeness (QED) is 0.238. The van der Waals surface area contributed by atoms with E-state index in [1.807, 2.05) is 4.98 Å². The van der Waals surface area contributed by atoms with Crippen LogP contribution < -0.4 is 22.2 Å². The second-order valence-electron chi connectivity index (χ2n) is 4.34. The van der Waals surface area contributed by atoms with Crippen LogP contribution in [0.25, 0.3) is 0 Å². The van der Waals surface area contributed by atoms with E-state index in [1.54, 1.807) is 6.26 Å². The number of carbonyl (C=O) groups is 1. The number of aromatic amines is 1. The maximum absolute atomic E-state index is 13.3. The second kappa shape index (κ2) is 9.55. The predicted molar refractivity (Wildman–Crippen MR) is 84.6 cm³/mol. The first-order valence-corrected chi connectivity index (χ1v) is 8.36. The number of rotatable bonds is 8. The Hall–Kier alpha value is -1.56. The van der Waals surface area contributed by atoms with Crippen LogP contribution in [-0.4, -0.2) is 45.8 Å². The van der Waals surface area contributed by atoms with Gasteiger partial charge >= 0.3 is 11.7 Å². The number of halogens is 2. The van der Waals surface area contributed by atoms with Gasteiger partial charge in [0.05, 0.1) is 18.1 Å². The Bertz CT molecular complexity index is 640. The van der Waals surface area contributed by atoms with E-state index in [2.05, 4.69) is 5.32 Å². The van der Waals surface area contributed by atoms with Gasteiger partial charge in [0.2, 0.25) is 5.82 Å². The highest BCUT2D eigenvalue weighted by Crippen LogP contribution is 2.21. The number of nitrogens with two attached hydrogens (primary N) is 1. The van der Waals surface area contributed by atoms with Gasteiger partial charge in [-0.15, -0.1) is 23.4 Å². The fourth-order valence-corrected chi connectivity index (χ4v) is 2.66. The average Bonchev–Trinajstić information content (AvgIpc) is 2.53. The minimum Gasteiger partial charge on any atom is -0.609 e. The van der Waals surface area contributed by atoms with Crippen molar-refractivity contribution in [3.05, 3.63) is 38.1 Å². The van der Waals surface area contributed by atoms with Crippen LogP contribution in [0.3, 0.4) is 0 Å². The Morgan fingerprint density at radius 2 is 2.35 bits per heavy atom. The third-order valence-electron chi connectivity index (χ3n) is 2.89. The molecule has 0 bridgehead atoms. The first kappa shape index (κ1) is 19.5. The molecule has 1 unspecified atom stereocenters. The summed E-state index contributed by atoms with van der Waals surface area (Å²) in [6, 6.07) is -0.611. The molecular formula is C11H17ClFN5O4S. The number of aromatic nitrogens is 2. The zero-order valence-corrected chi connectivity index (χ0v) is 13.8. The number of urea groups is 1. The van der Waals surface area contributed by atoms with E-state index in [1.165, 1.54) is 11.8 Å². The smallest absolute Gasteiger partial charge is 0.361 e. The summed E-state index contributed by atoms with van der Waals surface area (Å²) in [6.45, 7) is 0.220. The highest BCUT2D eigenvalue weighted by atomic mass is 35.5. The molecule has 23 heavy (non-hydrogen) atoms. The monoisotopic (exact) mass is 369 g/mol. The summed E-state index contributed by atoms with van der Waals surface area (Å²) in [5.74, 6) is -0.951. The van der Waals surface area contributed by atoms with E-state index >= 15 is 0 Å². The molecule has 130 valence electrons. The van der Waals surface area contributed by atoms with Crippen LogP contribution in [0.15, 0.2) is 15.8 Å². The van der Waals surface area contributed by atoms with Crippen molar-refractivity contribution in [2.45, 2.75) is 11.8 Å². The van der Waals surface area contributed by atoms with E-state index in [0.717, 1.165) is 15.8 Å². The summed E-state index contributed by atoms with van der Waals surface area (Å²) in [4.78, 5) is 36.3. The number of carbonyl (C=O) groups excluding carboxylic acids is 1. The van der Waals surface area contributed by atoms with Gasteiger partial charge in [0, 0.05) is 12.4 Å². The van der Waals surface area contributed by atoms with E-state index in [-0.39, 0.29) is 25.4 Å². The van der Waals surface area contributed by atoms with Crippen molar-refractivity contribution in [2.24, 2.45) is 0 Å². The highest BCUT2D eigenvalue weighted by molar-refractivity contribution is 7.98. The molecule has 0 aliphatic rings. The molecule has 1 atom stereocenters. The average molecular weight is 370 g/mol. The van der Waals surface area contributed by atoms with Gasteiger partial charge in [0.25, 0.3) is 5.56 Å². The van der Waals surface area contributed by atoms with Gasteiger partial charge in [-0.3, -0.25) is 19.9 Å². The normalized spacial score (nSPS) is 12.0. The minimum absolute atomic E-state index is 0.0768. The third kappa shape index (κ3) is 5.53. The highest BCUT2D eigenvalue weighted by Gasteiger charge is 2.16. The van der Waals surface area contributed by atoms with Crippen LogP contribution >= 0.6 is 23.4 Å². The molecule has 4 N–H and O–H groups in total. The standard InChI is InChI=1S/C11H17ClFN5O4S/c1-23-8(17-6-7(13)9(19)15-11(17)21)2-4-14-10(20)18(16-22)5-3-12/h6,8H,2-5,16H2,1H3,(H,14,20)(H,15,19,21). The molecule has 0 aliphatic heterocycles.